The highest BCUT2D eigenvalue weighted by Gasteiger charge is 2.00. The monoisotopic (exact) mass is 224 g/mol. The average Bonchev–Trinajstić information content (AvgIpc) is 2.24. The summed E-state index contributed by atoms with van der Waals surface area (Å²) in [6, 6.07) is 6.75. The van der Waals surface area contributed by atoms with Gasteiger partial charge >= 0.3 is 11.9 Å². The van der Waals surface area contributed by atoms with Crippen LogP contribution in [0.2, 0.25) is 0 Å². The quantitative estimate of drug-likeness (QED) is 0.567. The van der Waals surface area contributed by atoms with Gasteiger partial charge in [0.25, 0.3) is 0 Å². The van der Waals surface area contributed by atoms with Gasteiger partial charge in [-0.25, -0.2) is 0 Å². The summed E-state index contributed by atoms with van der Waals surface area (Å²) >= 11 is 0. The number of aliphatic carboxylic acids is 2. The van der Waals surface area contributed by atoms with Crippen LogP contribution in [0.3, 0.4) is 0 Å². The zero-order valence-electron chi connectivity index (χ0n) is 8.43. The predicted octanol–water partition coefficient (Wildman–Crippen LogP) is 0.680. The summed E-state index contributed by atoms with van der Waals surface area (Å²) in [6.07, 6.45) is 0. The molecule has 0 aliphatic carbocycles. The highest BCUT2D eigenvalue weighted by molar-refractivity contribution is 5.75. The molecular weight excluding hydrogens is 212 g/mol. The lowest BCUT2D eigenvalue weighted by atomic mass is 10.2. The van der Waals surface area contributed by atoms with Gasteiger partial charge in [0.2, 0.25) is 0 Å². The molecule has 0 bridgehead atoms. The Labute approximate surface area is 91.9 Å². The van der Waals surface area contributed by atoms with E-state index < -0.39 is 11.9 Å². The van der Waals surface area contributed by atoms with Gasteiger partial charge in [-0.05, 0) is 18.2 Å². The molecule has 0 radical (unpaired) electrons. The van der Waals surface area contributed by atoms with Crippen LogP contribution in [0.1, 0.15) is 0 Å². The minimum Gasteiger partial charge on any atom is -0.480 e. The van der Waals surface area contributed by atoms with Crippen LogP contribution >= 0.6 is 0 Å². The average molecular weight is 224 g/mol. The van der Waals surface area contributed by atoms with Crippen LogP contribution in [0.5, 0.6) is 0 Å². The summed E-state index contributed by atoms with van der Waals surface area (Å²) in [5.41, 5.74) is 1.25. The molecule has 0 aromatic heterocycles. The van der Waals surface area contributed by atoms with Gasteiger partial charge in [0.1, 0.15) is 13.1 Å². The van der Waals surface area contributed by atoms with E-state index in [1.165, 1.54) is 0 Å². The lowest BCUT2D eigenvalue weighted by molar-refractivity contribution is -0.135. The Morgan fingerprint density at radius 1 is 1.00 bits per heavy atom. The number of carboxylic acid groups (broad SMARTS) is 2. The Morgan fingerprint density at radius 2 is 1.44 bits per heavy atom. The maximum Gasteiger partial charge on any atom is 0.322 e. The third-order valence-corrected chi connectivity index (χ3v) is 1.75. The molecule has 0 saturated heterocycles. The van der Waals surface area contributed by atoms with Crippen LogP contribution in [0.25, 0.3) is 0 Å². The molecule has 0 fully saturated rings. The van der Waals surface area contributed by atoms with Crippen molar-refractivity contribution in [1.82, 2.24) is 0 Å². The maximum atomic E-state index is 10.3. The van der Waals surface area contributed by atoms with E-state index in [0.29, 0.717) is 11.4 Å². The largest absolute Gasteiger partial charge is 0.480 e. The zero-order chi connectivity index (χ0) is 12.0. The first-order chi connectivity index (χ1) is 7.58. The lowest BCUT2D eigenvalue weighted by Gasteiger charge is -2.07. The van der Waals surface area contributed by atoms with E-state index in [0.717, 1.165) is 0 Å². The molecule has 0 amide bonds. The first-order valence-electron chi connectivity index (χ1n) is 4.59. The molecule has 0 aliphatic heterocycles. The number of anilines is 2. The molecule has 1 rings (SSSR count). The Kier molecular flexibility index (Phi) is 4.14. The van der Waals surface area contributed by atoms with Gasteiger partial charge in [0, 0.05) is 11.4 Å². The summed E-state index contributed by atoms with van der Waals surface area (Å²) in [5.74, 6) is -1.91. The second-order valence-electron chi connectivity index (χ2n) is 3.08. The predicted molar refractivity (Wildman–Crippen MR) is 58.7 cm³/mol. The van der Waals surface area contributed by atoms with E-state index in [9.17, 15) is 9.59 Å². The van der Waals surface area contributed by atoms with Crippen molar-refractivity contribution in [2.24, 2.45) is 0 Å². The highest BCUT2D eigenvalue weighted by atomic mass is 16.4. The molecule has 6 heteroatoms. The zero-order valence-corrected chi connectivity index (χ0v) is 8.43. The van der Waals surface area contributed by atoms with E-state index >= 15 is 0 Å². The summed E-state index contributed by atoms with van der Waals surface area (Å²) in [7, 11) is 0. The van der Waals surface area contributed by atoms with Gasteiger partial charge in [-0.1, -0.05) is 6.07 Å². The van der Waals surface area contributed by atoms with Gasteiger partial charge < -0.3 is 20.8 Å². The Balaban J connectivity index is 2.56. The van der Waals surface area contributed by atoms with Crippen molar-refractivity contribution in [2.75, 3.05) is 23.7 Å². The van der Waals surface area contributed by atoms with Crippen LogP contribution in [0, 0.1) is 0 Å². The second kappa shape index (κ2) is 5.59. The fourth-order valence-electron chi connectivity index (χ4n) is 1.09. The SMILES string of the molecule is O=C(O)CNc1cccc(NCC(=O)O)c1. The molecule has 0 saturated carbocycles. The van der Waals surface area contributed by atoms with E-state index in [2.05, 4.69) is 10.6 Å². The first kappa shape index (κ1) is 11.8. The number of carbonyl (C=O) groups is 2. The van der Waals surface area contributed by atoms with Crippen LogP contribution in [-0.4, -0.2) is 35.2 Å². The van der Waals surface area contributed by atoms with Gasteiger partial charge in [0.05, 0.1) is 0 Å². The van der Waals surface area contributed by atoms with Crippen LogP contribution in [-0.2, 0) is 9.59 Å². The minimum atomic E-state index is -0.955. The van der Waals surface area contributed by atoms with Crippen molar-refractivity contribution in [3.63, 3.8) is 0 Å². The Morgan fingerprint density at radius 3 is 1.81 bits per heavy atom. The van der Waals surface area contributed by atoms with Gasteiger partial charge in [-0.3, -0.25) is 9.59 Å². The fraction of sp³-hybridized carbons (Fsp3) is 0.200. The number of rotatable bonds is 6. The third-order valence-electron chi connectivity index (χ3n) is 1.75. The molecule has 0 unspecified atom stereocenters. The summed E-state index contributed by atoms with van der Waals surface area (Å²) in [5, 5.41) is 22.3. The molecule has 0 spiro atoms. The summed E-state index contributed by atoms with van der Waals surface area (Å²) in [4.78, 5) is 20.6. The molecule has 16 heavy (non-hydrogen) atoms. The standard InChI is InChI=1S/C10H12N2O4/c13-9(14)5-11-7-2-1-3-8(4-7)12-6-10(15)16/h1-4,11-12H,5-6H2,(H,13,14)(H,15,16). The van der Waals surface area contributed by atoms with Gasteiger partial charge in [-0.15, -0.1) is 0 Å². The molecule has 1 aromatic rings. The minimum absolute atomic E-state index is 0.178. The summed E-state index contributed by atoms with van der Waals surface area (Å²) < 4.78 is 0. The highest BCUT2D eigenvalue weighted by Crippen LogP contribution is 2.14. The molecule has 0 atom stereocenters. The van der Waals surface area contributed by atoms with Crippen molar-refractivity contribution < 1.29 is 19.8 Å². The molecule has 6 nitrogen and oxygen atoms in total. The van der Waals surface area contributed by atoms with Crippen LogP contribution in [0.15, 0.2) is 24.3 Å². The van der Waals surface area contributed by atoms with E-state index in [1.807, 2.05) is 0 Å². The van der Waals surface area contributed by atoms with Gasteiger partial charge in [-0.2, -0.15) is 0 Å². The van der Waals surface area contributed by atoms with E-state index in [-0.39, 0.29) is 13.1 Å². The normalized spacial score (nSPS) is 9.50. The second-order valence-corrected chi connectivity index (χ2v) is 3.08. The van der Waals surface area contributed by atoms with Crippen LogP contribution in [0.4, 0.5) is 11.4 Å². The number of hydrogen-bond acceptors (Lipinski definition) is 4. The number of hydrogen-bond donors (Lipinski definition) is 4. The molecule has 0 aliphatic rings. The summed E-state index contributed by atoms with van der Waals surface area (Å²) in [6.45, 7) is -0.356. The van der Waals surface area contributed by atoms with Crippen molar-refractivity contribution in [3.8, 4) is 0 Å². The van der Waals surface area contributed by atoms with Crippen molar-refractivity contribution in [3.05, 3.63) is 24.3 Å². The van der Waals surface area contributed by atoms with Crippen LogP contribution < -0.4 is 10.6 Å². The fourth-order valence-corrected chi connectivity index (χ4v) is 1.09. The van der Waals surface area contributed by atoms with E-state index in [1.54, 1.807) is 24.3 Å². The molecular formula is C10H12N2O4. The first-order valence-corrected chi connectivity index (χ1v) is 4.59. The van der Waals surface area contributed by atoms with E-state index in [4.69, 9.17) is 10.2 Å². The molecule has 4 N–H and O–H groups in total. The topological polar surface area (TPSA) is 98.7 Å². The Bertz CT molecular complexity index is 359. The number of carboxylic acids is 2. The Hall–Kier alpha value is -2.24. The maximum absolute atomic E-state index is 10.3. The third kappa shape index (κ3) is 4.32. The number of benzene rings is 1. The van der Waals surface area contributed by atoms with Gasteiger partial charge in [0.15, 0.2) is 0 Å². The van der Waals surface area contributed by atoms with Crippen molar-refractivity contribution in [1.29, 1.82) is 0 Å². The lowest BCUT2D eigenvalue weighted by Crippen LogP contribution is -2.14. The number of nitrogens with one attached hydrogen (secondary N) is 2. The molecule has 86 valence electrons. The molecule has 0 heterocycles. The molecule has 1 aromatic carbocycles. The van der Waals surface area contributed by atoms with Crippen molar-refractivity contribution in [2.45, 2.75) is 0 Å². The smallest absolute Gasteiger partial charge is 0.322 e. The van der Waals surface area contributed by atoms with Crippen molar-refractivity contribution >= 4 is 23.3 Å².